The Balaban J connectivity index is 1.49. The van der Waals surface area contributed by atoms with Crippen LogP contribution in [0.25, 0.3) is 0 Å². The lowest BCUT2D eigenvalue weighted by Crippen LogP contribution is -2.43. The molecule has 2 fully saturated rings. The standard InChI is InChI=1S/C20H34N4O3/c1-13(2)17-6-5-14(3)11-18(17)27-12-19(25)23-9-7-16(8-10-23)24-20(26)21-15(4)22-24/h13-14,16-18H,5-12H2,1-4H3,(H,21,22,26). The van der Waals surface area contributed by atoms with E-state index in [9.17, 15) is 9.59 Å². The van der Waals surface area contributed by atoms with E-state index in [1.54, 1.807) is 6.92 Å². The summed E-state index contributed by atoms with van der Waals surface area (Å²) < 4.78 is 7.64. The molecule has 152 valence electrons. The first kappa shape index (κ1) is 20.1. The molecule has 1 saturated carbocycles. The van der Waals surface area contributed by atoms with Crippen LogP contribution >= 0.6 is 0 Å². The molecule has 2 aliphatic rings. The lowest BCUT2D eigenvalue weighted by atomic mass is 9.75. The summed E-state index contributed by atoms with van der Waals surface area (Å²) >= 11 is 0. The normalized spacial score (nSPS) is 27.3. The number of aromatic nitrogens is 3. The topological polar surface area (TPSA) is 80.2 Å². The van der Waals surface area contributed by atoms with Gasteiger partial charge in [-0.15, -0.1) is 0 Å². The van der Waals surface area contributed by atoms with Crippen LogP contribution in [0.1, 0.15) is 64.7 Å². The highest BCUT2D eigenvalue weighted by Crippen LogP contribution is 2.35. The zero-order valence-electron chi connectivity index (χ0n) is 17.1. The number of H-pyrrole nitrogens is 1. The number of carbonyl (C=O) groups is 1. The van der Waals surface area contributed by atoms with Gasteiger partial charge in [0, 0.05) is 13.1 Å². The first-order valence-electron chi connectivity index (χ1n) is 10.4. The summed E-state index contributed by atoms with van der Waals surface area (Å²) in [7, 11) is 0. The molecule has 3 unspecified atom stereocenters. The summed E-state index contributed by atoms with van der Waals surface area (Å²) in [4.78, 5) is 29.1. The third kappa shape index (κ3) is 4.81. The van der Waals surface area contributed by atoms with E-state index >= 15 is 0 Å². The molecule has 1 saturated heterocycles. The molecule has 0 radical (unpaired) electrons. The number of rotatable bonds is 5. The minimum absolute atomic E-state index is 0.0666. The highest BCUT2D eigenvalue weighted by Gasteiger charge is 2.32. The van der Waals surface area contributed by atoms with Crippen LogP contribution in [0.2, 0.25) is 0 Å². The molecule has 27 heavy (non-hydrogen) atoms. The Morgan fingerprint density at radius 1 is 1.26 bits per heavy atom. The van der Waals surface area contributed by atoms with Gasteiger partial charge >= 0.3 is 5.69 Å². The highest BCUT2D eigenvalue weighted by molar-refractivity contribution is 5.77. The molecule has 0 bridgehead atoms. The minimum atomic E-state index is -0.160. The second-order valence-corrected chi connectivity index (χ2v) is 8.75. The van der Waals surface area contributed by atoms with Crippen LogP contribution < -0.4 is 5.69 Å². The molecule has 2 heterocycles. The van der Waals surface area contributed by atoms with Crippen LogP contribution in [0.3, 0.4) is 0 Å². The zero-order chi connectivity index (χ0) is 19.6. The average molecular weight is 379 g/mol. The van der Waals surface area contributed by atoms with Crippen molar-refractivity contribution in [1.82, 2.24) is 19.7 Å². The second kappa shape index (κ2) is 8.59. The Hall–Kier alpha value is -1.63. The van der Waals surface area contributed by atoms with Gasteiger partial charge in [-0.3, -0.25) is 9.78 Å². The van der Waals surface area contributed by atoms with Gasteiger partial charge in [-0.2, -0.15) is 5.10 Å². The number of piperidine rings is 1. The quantitative estimate of drug-likeness (QED) is 0.854. The van der Waals surface area contributed by atoms with E-state index in [0.717, 1.165) is 19.3 Å². The van der Waals surface area contributed by atoms with Gasteiger partial charge in [-0.1, -0.05) is 27.2 Å². The molecule has 0 spiro atoms. The minimum Gasteiger partial charge on any atom is -0.368 e. The summed E-state index contributed by atoms with van der Waals surface area (Å²) in [6.45, 7) is 10.0. The molecular weight excluding hydrogens is 344 g/mol. The van der Waals surface area contributed by atoms with E-state index in [1.807, 2.05) is 4.90 Å². The molecule has 7 nitrogen and oxygen atoms in total. The van der Waals surface area contributed by atoms with E-state index in [2.05, 4.69) is 30.9 Å². The van der Waals surface area contributed by atoms with Gasteiger partial charge in [0.05, 0.1) is 12.1 Å². The van der Waals surface area contributed by atoms with Gasteiger partial charge in [0.25, 0.3) is 0 Å². The number of aryl methyl sites for hydroxylation is 1. The predicted octanol–water partition coefficient (Wildman–Crippen LogP) is 2.52. The number of aromatic amines is 1. The van der Waals surface area contributed by atoms with Crippen molar-refractivity contribution in [3.63, 3.8) is 0 Å². The number of hydrogen-bond donors (Lipinski definition) is 1. The van der Waals surface area contributed by atoms with Crippen molar-refractivity contribution >= 4 is 5.91 Å². The third-order valence-corrected chi connectivity index (χ3v) is 6.30. The molecule has 1 N–H and O–H groups in total. The maximum absolute atomic E-state index is 12.6. The maximum Gasteiger partial charge on any atom is 0.343 e. The summed E-state index contributed by atoms with van der Waals surface area (Å²) in [6, 6.07) is 0.0666. The molecule has 1 aliphatic heterocycles. The van der Waals surface area contributed by atoms with Crippen LogP contribution in [0.15, 0.2) is 4.79 Å². The Kier molecular flexibility index (Phi) is 6.40. The van der Waals surface area contributed by atoms with Crippen LogP contribution in [-0.4, -0.2) is 51.4 Å². The number of nitrogens with zero attached hydrogens (tertiary/aromatic N) is 3. The Morgan fingerprint density at radius 2 is 1.96 bits per heavy atom. The second-order valence-electron chi connectivity index (χ2n) is 8.75. The van der Waals surface area contributed by atoms with Gasteiger partial charge in [0.15, 0.2) is 0 Å². The predicted molar refractivity (Wildman–Crippen MR) is 104 cm³/mol. The van der Waals surface area contributed by atoms with Crippen LogP contribution in [0, 0.1) is 24.7 Å². The molecule has 0 aromatic carbocycles. The van der Waals surface area contributed by atoms with Crippen molar-refractivity contribution in [2.24, 2.45) is 17.8 Å². The molecule has 7 heteroatoms. The largest absolute Gasteiger partial charge is 0.368 e. The van der Waals surface area contributed by atoms with Crippen molar-refractivity contribution < 1.29 is 9.53 Å². The molecular formula is C20H34N4O3. The van der Waals surface area contributed by atoms with Gasteiger partial charge in [-0.25, -0.2) is 9.48 Å². The molecule has 1 aromatic rings. The van der Waals surface area contributed by atoms with Gasteiger partial charge < -0.3 is 9.64 Å². The van der Waals surface area contributed by atoms with Crippen molar-refractivity contribution in [3.8, 4) is 0 Å². The summed E-state index contributed by atoms with van der Waals surface area (Å²) in [5, 5.41) is 4.25. The van der Waals surface area contributed by atoms with Crippen LogP contribution in [0.5, 0.6) is 0 Å². The Labute approximate surface area is 161 Å². The van der Waals surface area contributed by atoms with E-state index in [-0.39, 0.29) is 30.3 Å². The zero-order valence-corrected chi connectivity index (χ0v) is 17.1. The third-order valence-electron chi connectivity index (χ3n) is 6.30. The lowest BCUT2D eigenvalue weighted by Gasteiger charge is -2.37. The van der Waals surface area contributed by atoms with Crippen LogP contribution in [0.4, 0.5) is 0 Å². The number of likely N-dealkylation sites (tertiary alicyclic amines) is 1. The fourth-order valence-corrected chi connectivity index (χ4v) is 4.63. The molecule has 1 amide bonds. The van der Waals surface area contributed by atoms with E-state index < -0.39 is 0 Å². The average Bonchev–Trinajstić information content (AvgIpc) is 2.97. The van der Waals surface area contributed by atoms with Crippen molar-refractivity contribution in [3.05, 3.63) is 16.3 Å². The maximum atomic E-state index is 12.6. The summed E-state index contributed by atoms with van der Waals surface area (Å²) in [6.07, 6.45) is 5.22. The SMILES string of the molecule is Cc1nn(C2CCN(C(=O)COC3CC(C)CCC3C(C)C)CC2)c(=O)[nH]1. The first-order valence-corrected chi connectivity index (χ1v) is 10.4. The molecule has 1 aliphatic carbocycles. The number of hydrogen-bond acceptors (Lipinski definition) is 4. The molecule has 1 aromatic heterocycles. The Bertz CT molecular complexity index is 688. The number of amides is 1. The van der Waals surface area contributed by atoms with E-state index in [4.69, 9.17) is 4.74 Å². The van der Waals surface area contributed by atoms with E-state index in [1.165, 1.54) is 17.5 Å². The summed E-state index contributed by atoms with van der Waals surface area (Å²) in [5.41, 5.74) is -0.160. The van der Waals surface area contributed by atoms with Crippen LogP contribution in [-0.2, 0) is 9.53 Å². The van der Waals surface area contributed by atoms with Gasteiger partial charge in [-0.05, 0) is 50.4 Å². The smallest absolute Gasteiger partial charge is 0.343 e. The highest BCUT2D eigenvalue weighted by atomic mass is 16.5. The fraction of sp³-hybridized carbons (Fsp3) is 0.850. The monoisotopic (exact) mass is 378 g/mol. The van der Waals surface area contributed by atoms with Crippen molar-refractivity contribution in [1.29, 1.82) is 0 Å². The lowest BCUT2D eigenvalue weighted by molar-refractivity contribution is -0.143. The van der Waals surface area contributed by atoms with Gasteiger partial charge in [0.1, 0.15) is 12.4 Å². The Morgan fingerprint density at radius 3 is 2.56 bits per heavy atom. The number of ether oxygens (including phenoxy) is 1. The molecule has 3 atom stereocenters. The molecule has 3 rings (SSSR count). The van der Waals surface area contributed by atoms with Crippen molar-refractivity contribution in [2.45, 2.75) is 71.9 Å². The number of nitrogens with one attached hydrogen (secondary N) is 1. The summed E-state index contributed by atoms with van der Waals surface area (Å²) in [5.74, 6) is 2.51. The van der Waals surface area contributed by atoms with Crippen molar-refractivity contribution in [2.75, 3.05) is 19.7 Å². The fourth-order valence-electron chi connectivity index (χ4n) is 4.63. The van der Waals surface area contributed by atoms with Gasteiger partial charge in [0.2, 0.25) is 5.91 Å². The first-order chi connectivity index (χ1) is 12.8. The van der Waals surface area contributed by atoms with E-state index in [0.29, 0.717) is 36.7 Å². The number of carbonyl (C=O) groups excluding carboxylic acids is 1.